The lowest BCUT2D eigenvalue weighted by Crippen LogP contribution is -2.37. The van der Waals surface area contributed by atoms with Crippen molar-refractivity contribution in [3.8, 4) is 0 Å². The van der Waals surface area contributed by atoms with Gasteiger partial charge in [-0.1, -0.05) is 6.07 Å². The Balaban J connectivity index is 2.57. The molecule has 0 aliphatic carbocycles. The lowest BCUT2D eigenvalue weighted by atomic mass is 9.98. The lowest BCUT2D eigenvalue weighted by molar-refractivity contribution is 0.188. The molecule has 3 N–H and O–H groups in total. The van der Waals surface area contributed by atoms with Crippen molar-refractivity contribution in [1.29, 1.82) is 0 Å². The van der Waals surface area contributed by atoms with Gasteiger partial charge in [0.1, 0.15) is 5.82 Å². The second-order valence-electron chi connectivity index (χ2n) is 4.27. The van der Waals surface area contributed by atoms with Gasteiger partial charge in [0.2, 0.25) is 0 Å². The van der Waals surface area contributed by atoms with E-state index >= 15 is 0 Å². The molecule has 3 nitrogen and oxygen atoms in total. The number of benzene rings is 1. The molecule has 0 saturated heterocycles. The highest BCUT2D eigenvalue weighted by atomic mass is 19.1. The SMILES string of the molecule is COCCCC(Cc1cc(F)ccc1C)NN. The van der Waals surface area contributed by atoms with E-state index < -0.39 is 0 Å². The fourth-order valence-corrected chi connectivity index (χ4v) is 1.84. The zero-order valence-corrected chi connectivity index (χ0v) is 10.5. The Bertz CT molecular complexity index is 344. The zero-order valence-electron chi connectivity index (χ0n) is 10.5. The molecule has 1 aromatic carbocycles. The van der Waals surface area contributed by atoms with Crippen molar-refractivity contribution in [3.05, 3.63) is 35.1 Å². The molecule has 0 bridgehead atoms. The van der Waals surface area contributed by atoms with Crippen LogP contribution in [0.2, 0.25) is 0 Å². The minimum Gasteiger partial charge on any atom is -0.385 e. The van der Waals surface area contributed by atoms with Crippen LogP contribution in [0.15, 0.2) is 18.2 Å². The molecule has 17 heavy (non-hydrogen) atoms. The van der Waals surface area contributed by atoms with Crippen LogP contribution in [0.3, 0.4) is 0 Å². The van der Waals surface area contributed by atoms with E-state index in [1.165, 1.54) is 6.07 Å². The standard InChI is InChI=1S/C13H21FN2O/c1-10-5-6-12(14)8-11(10)9-13(16-15)4-3-7-17-2/h5-6,8,13,16H,3-4,7,9,15H2,1-2H3. The Morgan fingerprint density at radius 2 is 2.24 bits per heavy atom. The minimum absolute atomic E-state index is 0.158. The normalized spacial score (nSPS) is 12.7. The maximum atomic E-state index is 13.1. The van der Waals surface area contributed by atoms with Gasteiger partial charge in [-0.05, 0) is 49.4 Å². The number of hydrogen-bond donors (Lipinski definition) is 2. The van der Waals surface area contributed by atoms with Crippen LogP contribution in [0.4, 0.5) is 4.39 Å². The third-order valence-electron chi connectivity index (χ3n) is 2.91. The number of hydrazine groups is 1. The summed E-state index contributed by atoms with van der Waals surface area (Å²) < 4.78 is 18.1. The molecule has 4 heteroatoms. The van der Waals surface area contributed by atoms with E-state index in [1.807, 2.05) is 6.92 Å². The fraction of sp³-hybridized carbons (Fsp3) is 0.538. The van der Waals surface area contributed by atoms with E-state index in [2.05, 4.69) is 5.43 Å². The molecule has 1 rings (SSSR count). The Morgan fingerprint density at radius 1 is 1.47 bits per heavy atom. The quantitative estimate of drug-likeness (QED) is 0.435. The van der Waals surface area contributed by atoms with Crippen molar-refractivity contribution in [3.63, 3.8) is 0 Å². The predicted octanol–water partition coefficient (Wildman–Crippen LogP) is 1.94. The number of nitrogens with one attached hydrogen (secondary N) is 1. The predicted molar refractivity (Wildman–Crippen MR) is 67.1 cm³/mol. The molecule has 0 spiro atoms. The molecule has 1 unspecified atom stereocenters. The summed E-state index contributed by atoms with van der Waals surface area (Å²) in [6, 6.07) is 5.02. The molecule has 0 aliphatic heterocycles. The van der Waals surface area contributed by atoms with E-state index in [0.29, 0.717) is 0 Å². The molecule has 0 radical (unpaired) electrons. The zero-order chi connectivity index (χ0) is 12.7. The third-order valence-corrected chi connectivity index (χ3v) is 2.91. The molecular weight excluding hydrogens is 219 g/mol. The van der Waals surface area contributed by atoms with Crippen molar-refractivity contribution in [2.75, 3.05) is 13.7 Å². The van der Waals surface area contributed by atoms with Gasteiger partial charge in [-0.2, -0.15) is 0 Å². The highest BCUT2D eigenvalue weighted by Gasteiger charge is 2.10. The van der Waals surface area contributed by atoms with Gasteiger partial charge in [0.15, 0.2) is 0 Å². The van der Waals surface area contributed by atoms with Gasteiger partial charge >= 0.3 is 0 Å². The first-order valence-electron chi connectivity index (χ1n) is 5.87. The van der Waals surface area contributed by atoms with Crippen LogP contribution in [0.25, 0.3) is 0 Å². The average Bonchev–Trinajstić information content (AvgIpc) is 2.32. The summed E-state index contributed by atoms with van der Waals surface area (Å²) in [5.41, 5.74) is 4.88. The van der Waals surface area contributed by atoms with Crippen LogP contribution >= 0.6 is 0 Å². The summed E-state index contributed by atoms with van der Waals surface area (Å²) in [6.07, 6.45) is 2.60. The number of aryl methyl sites for hydroxylation is 1. The average molecular weight is 240 g/mol. The van der Waals surface area contributed by atoms with Crippen molar-refractivity contribution >= 4 is 0 Å². The van der Waals surface area contributed by atoms with Crippen LogP contribution in [0, 0.1) is 12.7 Å². The summed E-state index contributed by atoms with van der Waals surface area (Å²) in [5, 5.41) is 0. The summed E-state index contributed by atoms with van der Waals surface area (Å²) in [5.74, 6) is 5.31. The summed E-state index contributed by atoms with van der Waals surface area (Å²) in [6.45, 7) is 2.71. The number of rotatable bonds is 7. The van der Waals surface area contributed by atoms with E-state index in [9.17, 15) is 4.39 Å². The second kappa shape index (κ2) is 7.37. The smallest absolute Gasteiger partial charge is 0.123 e. The lowest BCUT2D eigenvalue weighted by Gasteiger charge is -2.17. The van der Waals surface area contributed by atoms with Crippen molar-refractivity contribution in [2.45, 2.75) is 32.2 Å². The van der Waals surface area contributed by atoms with E-state index in [4.69, 9.17) is 10.6 Å². The molecule has 1 aromatic rings. The second-order valence-corrected chi connectivity index (χ2v) is 4.27. The Kier molecular flexibility index (Phi) is 6.11. The first-order chi connectivity index (χ1) is 8.17. The van der Waals surface area contributed by atoms with Gasteiger partial charge in [0.25, 0.3) is 0 Å². The molecule has 0 heterocycles. The highest BCUT2D eigenvalue weighted by molar-refractivity contribution is 5.27. The maximum absolute atomic E-state index is 13.1. The monoisotopic (exact) mass is 240 g/mol. The largest absolute Gasteiger partial charge is 0.385 e. The number of hydrogen-bond acceptors (Lipinski definition) is 3. The van der Waals surface area contributed by atoms with Gasteiger partial charge < -0.3 is 4.74 Å². The summed E-state index contributed by atoms with van der Waals surface area (Å²) in [4.78, 5) is 0. The summed E-state index contributed by atoms with van der Waals surface area (Å²) in [7, 11) is 1.68. The first kappa shape index (κ1) is 14.1. The number of ether oxygens (including phenoxy) is 1. The van der Waals surface area contributed by atoms with Crippen LogP contribution in [-0.2, 0) is 11.2 Å². The van der Waals surface area contributed by atoms with Gasteiger partial charge in [0.05, 0.1) is 0 Å². The van der Waals surface area contributed by atoms with Gasteiger partial charge in [-0.3, -0.25) is 11.3 Å². The Morgan fingerprint density at radius 3 is 2.88 bits per heavy atom. The summed E-state index contributed by atoms with van der Waals surface area (Å²) >= 11 is 0. The van der Waals surface area contributed by atoms with E-state index in [-0.39, 0.29) is 11.9 Å². The number of methoxy groups -OCH3 is 1. The maximum Gasteiger partial charge on any atom is 0.123 e. The first-order valence-corrected chi connectivity index (χ1v) is 5.87. The van der Waals surface area contributed by atoms with Crippen molar-refractivity contribution in [1.82, 2.24) is 5.43 Å². The number of halogens is 1. The fourth-order valence-electron chi connectivity index (χ4n) is 1.84. The number of nitrogens with two attached hydrogens (primary N) is 1. The van der Waals surface area contributed by atoms with Crippen molar-refractivity contribution in [2.24, 2.45) is 5.84 Å². The molecule has 0 fully saturated rings. The van der Waals surface area contributed by atoms with Crippen LogP contribution < -0.4 is 11.3 Å². The van der Waals surface area contributed by atoms with Crippen molar-refractivity contribution < 1.29 is 9.13 Å². The van der Waals surface area contributed by atoms with Gasteiger partial charge in [-0.15, -0.1) is 0 Å². The molecule has 96 valence electrons. The van der Waals surface area contributed by atoms with Crippen LogP contribution in [0.5, 0.6) is 0 Å². The van der Waals surface area contributed by atoms with E-state index in [0.717, 1.165) is 37.0 Å². The molecule has 0 amide bonds. The van der Waals surface area contributed by atoms with Gasteiger partial charge in [0, 0.05) is 19.8 Å². The van der Waals surface area contributed by atoms with Crippen LogP contribution in [0.1, 0.15) is 24.0 Å². The Hall–Kier alpha value is -0.970. The molecule has 1 atom stereocenters. The molecule has 0 saturated carbocycles. The Labute approximate surface area is 102 Å². The van der Waals surface area contributed by atoms with E-state index in [1.54, 1.807) is 19.2 Å². The van der Waals surface area contributed by atoms with Crippen LogP contribution in [-0.4, -0.2) is 19.8 Å². The topological polar surface area (TPSA) is 47.3 Å². The molecular formula is C13H21FN2O. The third kappa shape index (κ3) is 4.81. The molecule has 0 aliphatic rings. The molecule has 0 aromatic heterocycles. The van der Waals surface area contributed by atoms with Gasteiger partial charge in [-0.25, -0.2) is 4.39 Å². The highest BCUT2D eigenvalue weighted by Crippen LogP contribution is 2.14. The minimum atomic E-state index is -0.196.